The number of hydrogen-bond donors (Lipinski definition) is 2. The Bertz CT molecular complexity index is 680. The Hall–Kier alpha value is -2.02. The van der Waals surface area contributed by atoms with E-state index in [4.69, 9.17) is 10.9 Å². The van der Waals surface area contributed by atoms with Gasteiger partial charge in [-0.05, 0) is 35.0 Å². The SMILES string of the molecule is Cc1nn(C)c(CN(C)c2ccccc2/C(N)=N/O)c1Br. The van der Waals surface area contributed by atoms with Crippen molar-refractivity contribution in [1.29, 1.82) is 0 Å². The largest absolute Gasteiger partial charge is 0.409 e. The van der Waals surface area contributed by atoms with Gasteiger partial charge in [-0.25, -0.2) is 0 Å². The zero-order valence-electron chi connectivity index (χ0n) is 12.2. The van der Waals surface area contributed by atoms with Gasteiger partial charge in [0.1, 0.15) is 0 Å². The van der Waals surface area contributed by atoms with Crippen LogP contribution in [0.4, 0.5) is 5.69 Å². The summed E-state index contributed by atoms with van der Waals surface area (Å²) in [5.41, 5.74) is 9.33. The Kier molecular flexibility index (Phi) is 4.52. The van der Waals surface area contributed by atoms with Crippen LogP contribution in [0.3, 0.4) is 0 Å². The van der Waals surface area contributed by atoms with Crippen LogP contribution in [0.15, 0.2) is 33.9 Å². The predicted octanol–water partition coefficient (Wildman–Crippen LogP) is 2.22. The van der Waals surface area contributed by atoms with Crippen LogP contribution >= 0.6 is 15.9 Å². The Morgan fingerprint density at radius 3 is 2.71 bits per heavy atom. The number of anilines is 1. The molecule has 112 valence electrons. The molecule has 1 aromatic heterocycles. The number of amidine groups is 1. The molecular weight excluding hydrogens is 334 g/mol. The van der Waals surface area contributed by atoms with Crippen molar-refractivity contribution in [3.63, 3.8) is 0 Å². The average Bonchev–Trinajstić information content (AvgIpc) is 2.72. The van der Waals surface area contributed by atoms with Crippen molar-refractivity contribution in [2.45, 2.75) is 13.5 Å². The fourth-order valence-electron chi connectivity index (χ4n) is 2.24. The number of halogens is 1. The lowest BCUT2D eigenvalue weighted by molar-refractivity contribution is 0.318. The summed E-state index contributed by atoms with van der Waals surface area (Å²) >= 11 is 3.56. The summed E-state index contributed by atoms with van der Waals surface area (Å²) in [5.74, 6) is 0.0951. The molecule has 0 aliphatic rings. The van der Waals surface area contributed by atoms with Crippen molar-refractivity contribution < 1.29 is 5.21 Å². The maximum Gasteiger partial charge on any atom is 0.172 e. The summed E-state index contributed by atoms with van der Waals surface area (Å²) in [6.07, 6.45) is 0. The Morgan fingerprint density at radius 1 is 1.48 bits per heavy atom. The van der Waals surface area contributed by atoms with E-state index < -0.39 is 0 Å². The van der Waals surface area contributed by atoms with Gasteiger partial charge in [0.2, 0.25) is 0 Å². The molecule has 1 aromatic carbocycles. The standard InChI is InChI=1S/C14H18BrN5O/c1-9-13(15)12(20(3)17-9)8-19(2)11-7-5-4-6-10(11)14(16)18-21/h4-7,21H,8H2,1-3H3,(H2,16,18). The normalized spacial score (nSPS) is 11.7. The molecule has 2 rings (SSSR count). The van der Waals surface area contributed by atoms with E-state index >= 15 is 0 Å². The van der Waals surface area contributed by atoms with Gasteiger partial charge in [-0.3, -0.25) is 4.68 Å². The highest BCUT2D eigenvalue weighted by atomic mass is 79.9. The highest BCUT2D eigenvalue weighted by molar-refractivity contribution is 9.10. The summed E-state index contributed by atoms with van der Waals surface area (Å²) in [6, 6.07) is 7.54. The van der Waals surface area contributed by atoms with Crippen LogP contribution in [0, 0.1) is 6.92 Å². The fourth-order valence-corrected chi connectivity index (χ4v) is 2.70. The summed E-state index contributed by atoms with van der Waals surface area (Å²) in [7, 11) is 3.87. The van der Waals surface area contributed by atoms with Gasteiger partial charge >= 0.3 is 0 Å². The number of benzene rings is 1. The number of rotatable bonds is 4. The summed E-state index contributed by atoms with van der Waals surface area (Å²) in [6.45, 7) is 2.60. The van der Waals surface area contributed by atoms with E-state index in [1.165, 1.54) is 0 Å². The van der Waals surface area contributed by atoms with Crippen LogP contribution in [-0.4, -0.2) is 27.9 Å². The van der Waals surface area contributed by atoms with Crippen molar-refractivity contribution in [3.05, 3.63) is 45.7 Å². The first-order valence-corrected chi connectivity index (χ1v) is 7.21. The lowest BCUT2D eigenvalue weighted by atomic mass is 10.1. The minimum Gasteiger partial charge on any atom is -0.409 e. The maximum atomic E-state index is 8.90. The zero-order chi connectivity index (χ0) is 15.6. The highest BCUT2D eigenvalue weighted by Crippen LogP contribution is 2.25. The molecule has 0 bridgehead atoms. The number of para-hydroxylation sites is 1. The van der Waals surface area contributed by atoms with E-state index in [1.807, 2.05) is 54.9 Å². The molecule has 0 unspecified atom stereocenters. The van der Waals surface area contributed by atoms with Crippen molar-refractivity contribution in [1.82, 2.24) is 9.78 Å². The lowest BCUT2D eigenvalue weighted by Crippen LogP contribution is -2.23. The minimum atomic E-state index is 0.0951. The van der Waals surface area contributed by atoms with Gasteiger partial charge in [0.15, 0.2) is 5.84 Å². The molecule has 7 heteroatoms. The molecule has 0 saturated heterocycles. The Morgan fingerprint density at radius 2 is 2.14 bits per heavy atom. The summed E-state index contributed by atoms with van der Waals surface area (Å²) in [4.78, 5) is 2.04. The van der Waals surface area contributed by atoms with Gasteiger partial charge in [-0.15, -0.1) is 0 Å². The zero-order valence-corrected chi connectivity index (χ0v) is 13.8. The molecule has 0 fully saturated rings. The molecule has 0 aliphatic heterocycles. The van der Waals surface area contributed by atoms with E-state index in [0.717, 1.165) is 21.5 Å². The van der Waals surface area contributed by atoms with Gasteiger partial charge in [0, 0.05) is 25.3 Å². The van der Waals surface area contributed by atoms with Crippen molar-refractivity contribution in [3.8, 4) is 0 Å². The number of oxime groups is 1. The van der Waals surface area contributed by atoms with Gasteiger partial charge in [-0.1, -0.05) is 17.3 Å². The van der Waals surface area contributed by atoms with E-state index in [-0.39, 0.29) is 5.84 Å². The first-order chi connectivity index (χ1) is 9.95. The number of nitrogens with two attached hydrogens (primary N) is 1. The molecule has 0 amide bonds. The topological polar surface area (TPSA) is 79.7 Å². The van der Waals surface area contributed by atoms with Gasteiger partial charge in [0.25, 0.3) is 0 Å². The molecule has 6 nitrogen and oxygen atoms in total. The third-order valence-electron chi connectivity index (χ3n) is 3.35. The second-order valence-electron chi connectivity index (χ2n) is 4.83. The van der Waals surface area contributed by atoms with Crippen molar-refractivity contribution >= 4 is 27.5 Å². The molecule has 0 spiro atoms. The summed E-state index contributed by atoms with van der Waals surface area (Å²) < 4.78 is 2.85. The molecule has 3 N–H and O–H groups in total. The number of aryl methyl sites for hydroxylation is 2. The average molecular weight is 352 g/mol. The third-order valence-corrected chi connectivity index (χ3v) is 4.38. The number of nitrogens with zero attached hydrogens (tertiary/aromatic N) is 4. The quantitative estimate of drug-likeness (QED) is 0.383. The van der Waals surface area contributed by atoms with Gasteiger partial charge < -0.3 is 15.8 Å². The number of hydrogen-bond acceptors (Lipinski definition) is 4. The van der Waals surface area contributed by atoms with E-state index in [2.05, 4.69) is 26.2 Å². The maximum absolute atomic E-state index is 8.90. The minimum absolute atomic E-state index is 0.0951. The first kappa shape index (κ1) is 15.4. The van der Waals surface area contributed by atoms with Crippen LogP contribution in [0.2, 0.25) is 0 Å². The first-order valence-electron chi connectivity index (χ1n) is 6.41. The van der Waals surface area contributed by atoms with E-state index in [0.29, 0.717) is 12.1 Å². The second-order valence-corrected chi connectivity index (χ2v) is 5.62. The van der Waals surface area contributed by atoms with Crippen LogP contribution < -0.4 is 10.6 Å². The smallest absolute Gasteiger partial charge is 0.172 e. The molecule has 0 atom stereocenters. The third kappa shape index (κ3) is 3.02. The predicted molar refractivity (Wildman–Crippen MR) is 86.7 cm³/mol. The van der Waals surface area contributed by atoms with E-state index in [9.17, 15) is 0 Å². The molecule has 0 radical (unpaired) electrons. The highest BCUT2D eigenvalue weighted by Gasteiger charge is 2.16. The number of aromatic nitrogens is 2. The lowest BCUT2D eigenvalue weighted by Gasteiger charge is -2.22. The van der Waals surface area contributed by atoms with Gasteiger partial charge in [-0.2, -0.15) is 5.10 Å². The molecule has 0 aliphatic carbocycles. The fraction of sp³-hybridized carbons (Fsp3) is 0.286. The summed E-state index contributed by atoms with van der Waals surface area (Å²) in [5, 5.41) is 16.4. The molecular formula is C14H18BrN5O. The second kappa shape index (κ2) is 6.17. The molecule has 2 aromatic rings. The van der Waals surface area contributed by atoms with Gasteiger partial charge in [0.05, 0.1) is 22.4 Å². The van der Waals surface area contributed by atoms with Crippen molar-refractivity contribution in [2.24, 2.45) is 17.9 Å². The van der Waals surface area contributed by atoms with Crippen LogP contribution in [0.25, 0.3) is 0 Å². The van der Waals surface area contributed by atoms with Crippen LogP contribution in [0.1, 0.15) is 17.0 Å². The molecule has 21 heavy (non-hydrogen) atoms. The Balaban J connectivity index is 2.35. The van der Waals surface area contributed by atoms with E-state index in [1.54, 1.807) is 0 Å². The molecule has 1 heterocycles. The van der Waals surface area contributed by atoms with Crippen molar-refractivity contribution in [2.75, 3.05) is 11.9 Å². The monoisotopic (exact) mass is 351 g/mol. The Labute approximate surface area is 132 Å². The van der Waals surface area contributed by atoms with Crippen LogP contribution in [-0.2, 0) is 13.6 Å². The molecule has 0 saturated carbocycles. The van der Waals surface area contributed by atoms with Crippen LogP contribution in [0.5, 0.6) is 0 Å².